The summed E-state index contributed by atoms with van der Waals surface area (Å²) in [5.74, 6) is 0.890. The molecule has 1 saturated carbocycles. The highest BCUT2D eigenvalue weighted by molar-refractivity contribution is 6.17. The van der Waals surface area contributed by atoms with Gasteiger partial charge in [0.1, 0.15) is 0 Å². The van der Waals surface area contributed by atoms with E-state index in [1.807, 2.05) is 0 Å². The molecule has 0 heterocycles. The first-order valence-corrected chi connectivity index (χ1v) is 10.6. The Morgan fingerprint density at radius 3 is 2.04 bits per heavy atom. The van der Waals surface area contributed by atoms with E-state index in [0.29, 0.717) is 38.4 Å². The van der Waals surface area contributed by atoms with Crippen LogP contribution in [0.15, 0.2) is 0 Å². The van der Waals surface area contributed by atoms with Gasteiger partial charge in [-0.1, -0.05) is 44.9 Å². The molecule has 0 aliphatic heterocycles. The minimum Gasteiger partial charge on any atom is -0.466 e. The van der Waals surface area contributed by atoms with Gasteiger partial charge in [-0.3, -0.25) is 9.59 Å². The first kappa shape index (κ1) is 22.3. The molecule has 5 heteroatoms. The molecule has 25 heavy (non-hydrogen) atoms. The van der Waals surface area contributed by atoms with E-state index in [4.69, 9.17) is 21.1 Å². The molecule has 0 unspecified atom stereocenters. The van der Waals surface area contributed by atoms with Gasteiger partial charge in [-0.05, 0) is 38.0 Å². The van der Waals surface area contributed by atoms with Gasteiger partial charge in [-0.15, -0.1) is 11.6 Å². The fraction of sp³-hybridized carbons (Fsp3) is 0.900. The molecule has 0 aromatic carbocycles. The standard InChI is InChI=1S/C20H35ClO4/c21-15-8-3-1-2-4-9-16-24-19(22)13-10-14-20(23)25-17-18-11-6-5-7-12-18/h18H,1-17H2. The van der Waals surface area contributed by atoms with Crippen molar-refractivity contribution < 1.29 is 19.1 Å². The van der Waals surface area contributed by atoms with Crippen LogP contribution in [0, 0.1) is 5.92 Å². The summed E-state index contributed by atoms with van der Waals surface area (Å²) >= 11 is 5.63. The molecule has 1 aliphatic rings. The number of halogens is 1. The average Bonchev–Trinajstić information content (AvgIpc) is 2.63. The molecule has 146 valence electrons. The lowest BCUT2D eigenvalue weighted by molar-refractivity contribution is -0.146. The number of carbonyl (C=O) groups excluding carboxylic acids is 2. The van der Waals surface area contributed by atoms with E-state index in [1.54, 1.807) is 0 Å². The fourth-order valence-electron chi connectivity index (χ4n) is 3.18. The maximum atomic E-state index is 11.7. The SMILES string of the molecule is O=C(CCCC(=O)OCC1CCCCC1)OCCCCCCCCCl. The van der Waals surface area contributed by atoms with Crippen LogP contribution in [0.1, 0.15) is 89.9 Å². The van der Waals surface area contributed by atoms with Crippen LogP contribution in [0.4, 0.5) is 0 Å². The lowest BCUT2D eigenvalue weighted by Gasteiger charge is -2.20. The van der Waals surface area contributed by atoms with Crippen molar-refractivity contribution in [1.82, 2.24) is 0 Å². The van der Waals surface area contributed by atoms with Gasteiger partial charge in [0.05, 0.1) is 13.2 Å². The Kier molecular flexibility index (Phi) is 13.8. The van der Waals surface area contributed by atoms with E-state index >= 15 is 0 Å². The average molecular weight is 375 g/mol. The molecule has 0 aromatic heterocycles. The zero-order valence-corrected chi connectivity index (χ0v) is 16.4. The number of rotatable bonds is 14. The first-order valence-electron chi connectivity index (χ1n) is 10.1. The highest BCUT2D eigenvalue weighted by Crippen LogP contribution is 2.23. The summed E-state index contributed by atoms with van der Waals surface area (Å²) in [6.07, 6.45) is 13.9. The van der Waals surface area contributed by atoms with Gasteiger partial charge >= 0.3 is 11.9 Å². The number of hydrogen-bond acceptors (Lipinski definition) is 4. The smallest absolute Gasteiger partial charge is 0.305 e. The Balaban J connectivity index is 1.88. The Morgan fingerprint density at radius 1 is 0.760 bits per heavy atom. The third-order valence-corrected chi connectivity index (χ3v) is 5.02. The fourth-order valence-corrected chi connectivity index (χ4v) is 3.36. The van der Waals surface area contributed by atoms with Crippen molar-refractivity contribution in [3.8, 4) is 0 Å². The molecule has 0 N–H and O–H groups in total. The minimum absolute atomic E-state index is 0.185. The lowest BCUT2D eigenvalue weighted by atomic mass is 9.90. The van der Waals surface area contributed by atoms with Crippen molar-refractivity contribution in [3.63, 3.8) is 0 Å². The molecule has 0 atom stereocenters. The van der Waals surface area contributed by atoms with Gasteiger partial charge in [0.25, 0.3) is 0 Å². The van der Waals surface area contributed by atoms with E-state index in [0.717, 1.165) is 25.1 Å². The maximum Gasteiger partial charge on any atom is 0.305 e. The van der Waals surface area contributed by atoms with Crippen LogP contribution < -0.4 is 0 Å². The number of alkyl halides is 1. The Labute approximate surface area is 158 Å². The molecular weight excluding hydrogens is 340 g/mol. The summed E-state index contributed by atoms with van der Waals surface area (Å²) in [4.78, 5) is 23.3. The topological polar surface area (TPSA) is 52.6 Å². The molecule has 4 nitrogen and oxygen atoms in total. The van der Waals surface area contributed by atoms with Crippen molar-refractivity contribution >= 4 is 23.5 Å². The zero-order chi connectivity index (χ0) is 18.2. The third kappa shape index (κ3) is 13.1. The van der Waals surface area contributed by atoms with Gasteiger partial charge < -0.3 is 9.47 Å². The van der Waals surface area contributed by atoms with Gasteiger partial charge in [0, 0.05) is 18.7 Å². The molecule has 1 aliphatic carbocycles. The van der Waals surface area contributed by atoms with Crippen LogP contribution in [0.2, 0.25) is 0 Å². The number of esters is 2. The van der Waals surface area contributed by atoms with Crippen LogP contribution >= 0.6 is 11.6 Å². The highest BCUT2D eigenvalue weighted by Gasteiger charge is 2.15. The van der Waals surface area contributed by atoms with Crippen LogP contribution in [0.3, 0.4) is 0 Å². The Hall–Kier alpha value is -0.770. The quantitative estimate of drug-likeness (QED) is 0.232. The third-order valence-electron chi connectivity index (χ3n) is 4.76. The number of carbonyl (C=O) groups is 2. The van der Waals surface area contributed by atoms with Crippen LogP contribution in [-0.4, -0.2) is 31.0 Å². The van der Waals surface area contributed by atoms with Gasteiger partial charge in [-0.25, -0.2) is 0 Å². The molecule has 0 amide bonds. The van der Waals surface area contributed by atoms with Crippen molar-refractivity contribution in [3.05, 3.63) is 0 Å². The van der Waals surface area contributed by atoms with E-state index < -0.39 is 0 Å². The molecule has 0 aromatic rings. The molecule has 0 spiro atoms. The van der Waals surface area contributed by atoms with Crippen LogP contribution in [0.5, 0.6) is 0 Å². The van der Waals surface area contributed by atoms with E-state index in [1.165, 1.54) is 51.4 Å². The summed E-state index contributed by atoms with van der Waals surface area (Å²) in [5.41, 5.74) is 0. The predicted octanol–water partition coefficient (Wildman–Crippen LogP) is 5.40. The molecule has 0 saturated heterocycles. The molecule has 1 fully saturated rings. The molecular formula is C20H35ClO4. The maximum absolute atomic E-state index is 11.7. The van der Waals surface area contributed by atoms with Crippen molar-refractivity contribution in [1.29, 1.82) is 0 Å². The largest absolute Gasteiger partial charge is 0.466 e. The summed E-state index contributed by atoms with van der Waals surface area (Å²) in [7, 11) is 0. The Morgan fingerprint density at radius 2 is 1.36 bits per heavy atom. The minimum atomic E-state index is -0.206. The zero-order valence-electron chi connectivity index (χ0n) is 15.6. The second kappa shape index (κ2) is 15.5. The second-order valence-electron chi connectivity index (χ2n) is 7.07. The number of ether oxygens (including phenoxy) is 2. The number of unbranched alkanes of at least 4 members (excludes halogenated alkanes) is 5. The summed E-state index contributed by atoms with van der Waals surface area (Å²) < 4.78 is 10.5. The van der Waals surface area contributed by atoms with Gasteiger partial charge in [0.2, 0.25) is 0 Å². The highest BCUT2D eigenvalue weighted by atomic mass is 35.5. The summed E-state index contributed by atoms with van der Waals surface area (Å²) in [6, 6.07) is 0. The summed E-state index contributed by atoms with van der Waals surface area (Å²) in [6.45, 7) is 1.04. The molecule has 1 rings (SSSR count). The number of hydrogen-bond donors (Lipinski definition) is 0. The normalized spacial score (nSPS) is 15.1. The van der Waals surface area contributed by atoms with Crippen LogP contribution in [0.25, 0.3) is 0 Å². The van der Waals surface area contributed by atoms with Gasteiger partial charge in [-0.2, -0.15) is 0 Å². The predicted molar refractivity (Wildman–Crippen MR) is 101 cm³/mol. The lowest BCUT2D eigenvalue weighted by Crippen LogP contribution is -2.17. The second-order valence-corrected chi connectivity index (χ2v) is 7.45. The Bertz CT molecular complexity index is 354. The van der Waals surface area contributed by atoms with E-state index in [9.17, 15) is 9.59 Å². The monoisotopic (exact) mass is 374 g/mol. The van der Waals surface area contributed by atoms with Crippen molar-refractivity contribution in [2.45, 2.75) is 89.9 Å². The van der Waals surface area contributed by atoms with Crippen molar-refractivity contribution in [2.24, 2.45) is 5.92 Å². The summed E-state index contributed by atoms with van der Waals surface area (Å²) in [5, 5.41) is 0. The van der Waals surface area contributed by atoms with Crippen molar-refractivity contribution in [2.75, 3.05) is 19.1 Å². The molecule has 0 bridgehead atoms. The first-order chi connectivity index (χ1) is 12.2. The van der Waals surface area contributed by atoms with E-state index in [2.05, 4.69) is 0 Å². The van der Waals surface area contributed by atoms with Gasteiger partial charge in [0.15, 0.2) is 0 Å². The van der Waals surface area contributed by atoms with Crippen LogP contribution in [-0.2, 0) is 19.1 Å². The van der Waals surface area contributed by atoms with E-state index in [-0.39, 0.29) is 11.9 Å². The molecule has 0 radical (unpaired) electrons.